The fourth-order valence-corrected chi connectivity index (χ4v) is 5.19. The fourth-order valence-electron chi connectivity index (χ4n) is 4.82. The number of carbonyl (C=O) groups is 1. The zero-order valence-corrected chi connectivity index (χ0v) is 21.1. The van der Waals surface area contributed by atoms with Gasteiger partial charge in [0.1, 0.15) is 11.6 Å². The lowest BCUT2D eigenvalue weighted by Crippen LogP contribution is -2.49. The zero-order chi connectivity index (χ0) is 24.8. The Kier molecular flexibility index (Phi) is 9.05. The number of halogens is 3. The van der Waals surface area contributed by atoms with Gasteiger partial charge in [0.25, 0.3) is 0 Å². The van der Waals surface area contributed by atoms with Gasteiger partial charge in [-0.05, 0) is 73.1 Å². The van der Waals surface area contributed by atoms with Gasteiger partial charge >= 0.3 is 0 Å². The number of hydrogen-bond donors (Lipinski definition) is 3. The summed E-state index contributed by atoms with van der Waals surface area (Å²) in [5.74, 6) is -1.55. The highest BCUT2D eigenvalue weighted by Crippen LogP contribution is 2.42. The molecule has 5 nitrogen and oxygen atoms in total. The van der Waals surface area contributed by atoms with Gasteiger partial charge in [0.2, 0.25) is 5.91 Å². The number of ether oxygens (including phenoxy) is 1. The zero-order valence-electron chi connectivity index (χ0n) is 19.5. The van der Waals surface area contributed by atoms with E-state index in [4.69, 9.17) is 4.74 Å². The summed E-state index contributed by atoms with van der Waals surface area (Å²) in [6.07, 6.45) is 6.66. The van der Waals surface area contributed by atoms with Crippen LogP contribution in [0.5, 0.6) is 0 Å². The van der Waals surface area contributed by atoms with E-state index in [9.17, 15) is 18.7 Å². The molecule has 0 unspecified atom stereocenters. The van der Waals surface area contributed by atoms with Gasteiger partial charge in [0.15, 0.2) is 0 Å². The average Bonchev–Trinajstić information content (AvgIpc) is 3.14. The number of nitrogens with one attached hydrogen (secondary N) is 2. The van der Waals surface area contributed by atoms with Crippen molar-refractivity contribution in [2.75, 3.05) is 13.2 Å². The lowest BCUT2D eigenvalue weighted by molar-refractivity contribution is -0.122. The third kappa shape index (κ3) is 7.19. The first-order valence-corrected chi connectivity index (χ1v) is 12.9. The Morgan fingerprint density at radius 3 is 2.66 bits per heavy atom. The summed E-state index contributed by atoms with van der Waals surface area (Å²) in [7, 11) is 0. The van der Waals surface area contributed by atoms with Crippen LogP contribution in [0.15, 0.2) is 53.0 Å². The van der Waals surface area contributed by atoms with Crippen LogP contribution >= 0.6 is 15.9 Å². The standard InChI is InChI=1S/C27H31BrF2N2O3/c28-18-7-8-21-22(13-18)23-15-26(21)35-9-5-3-1-2-4-6-27(34)32-24(25(33)16-31-23)12-17-10-19(29)14-20(30)11-17/h3,5,7-8,10-11,13-14,23-26,31,33H,1-2,4,6,9,12,15-16H2,(H,32,34)/b5-3+/t23-,24-,25+,26+/m0/s1. The molecular formula is C27H31BrF2N2O3. The molecular weight excluding hydrogens is 518 g/mol. The van der Waals surface area contributed by atoms with Gasteiger partial charge in [-0.15, -0.1) is 0 Å². The maximum absolute atomic E-state index is 13.8. The second-order valence-electron chi connectivity index (χ2n) is 9.23. The van der Waals surface area contributed by atoms with Crippen molar-refractivity contribution < 1.29 is 23.4 Å². The first-order valence-electron chi connectivity index (χ1n) is 12.1. The maximum atomic E-state index is 13.8. The van der Waals surface area contributed by atoms with Crippen LogP contribution < -0.4 is 10.6 Å². The van der Waals surface area contributed by atoms with E-state index < -0.39 is 23.8 Å². The summed E-state index contributed by atoms with van der Waals surface area (Å²) in [6, 6.07) is 8.67. The quantitative estimate of drug-likeness (QED) is 0.460. The fraction of sp³-hybridized carbons (Fsp3) is 0.444. The Balaban J connectivity index is 1.54. The number of aliphatic hydroxyl groups is 1. The molecule has 0 aromatic heterocycles. The molecule has 35 heavy (non-hydrogen) atoms. The van der Waals surface area contributed by atoms with Crippen molar-refractivity contribution in [1.29, 1.82) is 0 Å². The number of rotatable bonds is 2. The molecule has 0 fully saturated rings. The molecule has 1 amide bonds. The van der Waals surface area contributed by atoms with Crippen molar-refractivity contribution in [3.05, 3.63) is 81.3 Å². The van der Waals surface area contributed by atoms with E-state index >= 15 is 0 Å². The number of hydrogen-bond acceptors (Lipinski definition) is 4. The Bertz CT molecular complexity index is 1040. The summed E-state index contributed by atoms with van der Waals surface area (Å²) >= 11 is 3.54. The first-order chi connectivity index (χ1) is 16.9. The van der Waals surface area contributed by atoms with E-state index in [0.717, 1.165) is 40.9 Å². The summed E-state index contributed by atoms with van der Waals surface area (Å²) in [5, 5.41) is 17.4. The van der Waals surface area contributed by atoms with Gasteiger partial charge < -0.3 is 20.5 Å². The van der Waals surface area contributed by atoms with E-state index in [2.05, 4.69) is 44.8 Å². The smallest absolute Gasteiger partial charge is 0.220 e. The van der Waals surface area contributed by atoms with Crippen molar-refractivity contribution in [2.45, 2.75) is 62.8 Å². The first kappa shape index (κ1) is 25.9. The number of allylic oxidation sites excluding steroid dienone is 1. The summed E-state index contributed by atoms with van der Waals surface area (Å²) in [5.41, 5.74) is 2.61. The highest BCUT2D eigenvalue weighted by molar-refractivity contribution is 9.10. The van der Waals surface area contributed by atoms with Gasteiger partial charge in [0.05, 0.1) is 24.9 Å². The molecule has 0 saturated carbocycles. The number of amides is 1. The predicted octanol–water partition coefficient (Wildman–Crippen LogP) is 5.04. The van der Waals surface area contributed by atoms with E-state index in [1.54, 1.807) is 0 Å². The Hall–Kier alpha value is -2.13. The molecule has 1 aliphatic carbocycles. The molecule has 0 saturated heterocycles. The van der Waals surface area contributed by atoms with E-state index in [1.807, 2.05) is 12.1 Å². The topological polar surface area (TPSA) is 70.6 Å². The molecule has 188 valence electrons. The number of fused-ring (bicyclic) bond motifs is 5. The average molecular weight is 549 g/mol. The molecule has 2 aromatic carbocycles. The number of benzene rings is 2. The van der Waals surface area contributed by atoms with Crippen LogP contribution in [0.4, 0.5) is 8.78 Å². The minimum atomic E-state index is -0.960. The Morgan fingerprint density at radius 2 is 1.86 bits per heavy atom. The normalized spacial score (nSPS) is 27.0. The number of β-amino-alcohol motifs (C(OH)–C–C–N with tert-alkyl or cyclic N) is 1. The largest absolute Gasteiger partial charge is 0.390 e. The van der Waals surface area contributed by atoms with E-state index in [1.165, 1.54) is 12.1 Å². The third-order valence-corrected chi connectivity index (χ3v) is 7.06. The van der Waals surface area contributed by atoms with Gasteiger partial charge in [-0.25, -0.2) is 8.78 Å². The van der Waals surface area contributed by atoms with Crippen molar-refractivity contribution >= 4 is 21.8 Å². The SMILES string of the molecule is O=C1CCCC/C=C/CO[C@@H]2C[C@H](NC[C@@H](O)[C@H](Cc3cc(F)cc(F)c3)N1)c1cc(Br)ccc12. The van der Waals surface area contributed by atoms with Gasteiger partial charge in [0, 0.05) is 29.5 Å². The number of carbonyl (C=O) groups excluding carboxylic acids is 1. The van der Waals surface area contributed by atoms with Crippen molar-refractivity contribution in [3.63, 3.8) is 0 Å². The lowest BCUT2D eigenvalue weighted by atomic mass is 9.99. The lowest BCUT2D eigenvalue weighted by Gasteiger charge is -2.26. The van der Waals surface area contributed by atoms with Crippen LogP contribution in [0, 0.1) is 11.6 Å². The van der Waals surface area contributed by atoms with Crippen LogP contribution in [-0.2, 0) is 16.0 Å². The molecule has 0 radical (unpaired) electrons. The van der Waals surface area contributed by atoms with E-state index in [0.29, 0.717) is 25.0 Å². The van der Waals surface area contributed by atoms with Gasteiger partial charge in [-0.1, -0.05) is 34.1 Å². The molecule has 8 heteroatoms. The van der Waals surface area contributed by atoms with Crippen molar-refractivity contribution in [1.82, 2.24) is 10.6 Å². The minimum absolute atomic E-state index is 0.0372. The Labute approximate surface area is 213 Å². The maximum Gasteiger partial charge on any atom is 0.220 e. The molecule has 3 N–H and O–H groups in total. The van der Waals surface area contributed by atoms with Gasteiger partial charge in [-0.3, -0.25) is 4.79 Å². The molecule has 4 atom stereocenters. The van der Waals surface area contributed by atoms with E-state index in [-0.39, 0.29) is 31.0 Å². The molecule has 2 aliphatic rings. The number of aliphatic hydroxyl groups excluding tert-OH is 1. The van der Waals surface area contributed by atoms with Crippen LogP contribution in [0.1, 0.15) is 60.9 Å². The highest BCUT2D eigenvalue weighted by Gasteiger charge is 2.32. The van der Waals surface area contributed by atoms with Crippen LogP contribution in [0.2, 0.25) is 0 Å². The second-order valence-corrected chi connectivity index (χ2v) is 10.1. The molecule has 4 rings (SSSR count). The van der Waals surface area contributed by atoms with Crippen molar-refractivity contribution in [3.8, 4) is 0 Å². The summed E-state index contributed by atoms with van der Waals surface area (Å²) in [6.45, 7) is 0.717. The highest BCUT2D eigenvalue weighted by atomic mass is 79.9. The molecule has 1 heterocycles. The second kappa shape index (κ2) is 12.2. The Morgan fingerprint density at radius 1 is 1.06 bits per heavy atom. The monoisotopic (exact) mass is 548 g/mol. The van der Waals surface area contributed by atoms with Crippen LogP contribution in [-0.4, -0.2) is 36.3 Å². The molecule has 2 aromatic rings. The summed E-state index contributed by atoms with van der Waals surface area (Å²) < 4.78 is 34.6. The van der Waals surface area contributed by atoms with Crippen molar-refractivity contribution in [2.24, 2.45) is 0 Å². The molecule has 0 spiro atoms. The van der Waals surface area contributed by atoms with Gasteiger partial charge in [-0.2, -0.15) is 0 Å². The van der Waals surface area contributed by atoms with Crippen LogP contribution in [0.25, 0.3) is 0 Å². The minimum Gasteiger partial charge on any atom is -0.390 e. The third-order valence-electron chi connectivity index (χ3n) is 6.57. The molecule has 1 aliphatic heterocycles. The predicted molar refractivity (Wildman–Crippen MR) is 134 cm³/mol. The summed E-state index contributed by atoms with van der Waals surface area (Å²) in [4.78, 5) is 12.6. The van der Waals surface area contributed by atoms with Crippen LogP contribution in [0.3, 0.4) is 0 Å². The molecule has 2 bridgehead atoms.